The van der Waals surface area contributed by atoms with Gasteiger partial charge in [-0.15, -0.1) is 0 Å². The van der Waals surface area contributed by atoms with Gasteiger partial charge in [0.05, 0.1) is 12.4 Å². The smallest absolute Gasteiger partial charge is 0.0970 e. The Kier molecular flexibility index (Phi) is 2.65. The van der Waals surface area contributed by atoms with E-state index < -0.39 is 0 Å². The summed E-state index contributed by atoms with van der Waals surface area (Å²) >= 11 is 0. The Hall–Kier alpha value is -1.31. The van der Waals surface area contributed by atoms with Crippen LogP contribution in [0.25, 0.3) is 0 Å². The van der Waals surface area contributed by atoms with E-state index in [1.807, 2.05) is 0 Å². The molecule has 0 spiro atoms. The molecule has 0 bridgehead atoms. The Morgan fingerprint density at radius 1 is 1.31 bits per heavy atom. The molecule has 0 saturated carbocycles. The molecule has 0 radical (unpaired) electrons. The van der Waals surface area contributed by atoms with Crippen LogP contribution in [-0.2, 0) is 6.42 Å². The maximum absolute atomic E-state index is 4.51. The van der Waals surface area contributed by atoms with Crippen molar-refractivity contribution in [2.75, 3.05) is 13.1 Å². The van der Waals surface area contributed by atoms with Gasteiger partial charge in [-0.3, -0.25) is 4.99 Å². The van der Waals surface area contributed by atoms with Gasteiger partial charge in [0.1, 0.15) is 0 Å². The lowest BCUT2D eigenvalue weighted by Gasteiger charge is -2.25. The molecule has 2 heteroatoms. The van der Waals surface area contributed by atoms with Crippen LogP contribution in [0, 0.1) is 0 Å². The van der Waals surface area contributed by atoms with Gasteiger partial charge in [-0.05, 0) is 36.3 Å². The molecule has 1 heterocycles. The van der Waals surface area contributed by atoms with E-state index >= 15 is 0 Å². The number of benzene rings is 1. The lowest BCUT2D eigenvalue weighted by atomic mass is 9.81. The van der Waals surface area contributed by atoms with Crippen LogP contribution in [0.3, 0.4) is 0 Å². The summed E-state index contributed by atoms with van der Waals surface area (Å²) in [4.78, 5) is 4.51. The number of amidine groups is 1. The molecular formula is C14H18N2. The minimum atomic E-state index is 0.689. The largest absolute Gasteiger partial charge is 0.372 e. The topological polar surface area (TPSA) is 24.4 Å². The number of nitrogens with one attached hydrogen (secondary N) is 1. The van der Waals surface area contributed by atoms with Crippen LogP contribution in [-0.4, -0.2) is 18.9 Å². The van der Waals surface area contributed by atoms with Gasteiger partial charge < -0.3 is 5.32 Å². The van der Waals surface area contributed by atoms with E-state index in [2.05, 4.69) is 34.6 Å². The molecule has 2 aliphatic rings. The van der Waals surface area contributed by atoms with Crippen LogP contribution in [0.1, 0.15) is 36.3 Å². The first-order chi connectivity index (χ1) is 7.93. The number of rotatable bonds is 2. The van der Waals surface area contributed by atoms with E-state index in [-0.39, 0.29) is 0 Å². The molecule has 1 aliphatic heterocycles. The summed E-state index contributed by atoms with van der Waals surface area (Å²) in [6.07, 6.45) is 5.01. The quantitative estimate of drug-likeness (QED) is 0.803. The van der Waals surface area contributed by atoms with Crippen molar-refractivity contribution < 1.29 is 0 Å². The van der Waals surface area contributed by atoms with E-state index in [1.54, 1.807) is 11.1 Å². The van der Waals surface area contributed by atoms with Crippen LogP contribution < -0.4 is 5.32 Å². The summed E-state index contributed by atoms with van der Waals surface area (Å²) in [5, 5.41) is 3.38. The zero-order valence-corrected chi connectivity index (χ0v) is 9.58. The SMILES string of the molecule is c1ccc2c(c1)CCCC2CC1=NCCN1. The first-order valence-corrected chi connectivity index (χ1v) is 6.28. The van der Waals surface area contributed by atoms with Crippen molar-refractivity contribution in [3.05, 3.63) is 35.4 Å². The Bertz CT molecular complexity index is 409. The van der Waals surface area contributed by atoms with Gasteiger partial charge in [-0.25, -0.2) is 0 Å². The highest BCUT2D eigenvalue weighted by molar-refractivity contribution is 5.84. The maximum atomic E-state index is 4.51. The van der Waals surface area contributed by atoms with Crippen molar-refractivity contribution in [1.29, 1.82) is 0 Å². The molecule has 84 valence electrons. The van der Waals surface area contributed by atoms with E-state index in [0.717, 1.165) is 19.5 Å². The highest BCUT2D eigenvalue weighted by Gasteiger charge is 2.21. The van der Waals surface area contributed by atoms with Crippen LogP contribution in [0.5, 0.6) is 0 Å². The predicted octanol–water partition coefficient (Wildman–Crippen LogP) is 2.50. The zero-order valence-electron chi connectivity index (χ0n) is 9.58. The average molecular weight is 214 g/mol. The molecule has 0 aromatic heterocycles. The van der Waals surface area contributed by atoms with Crippen molar-refractivity contribution in [3.63, 3.8) is 0 Å². The molecule has 16 heavy (non-hydrogen) atoms. The number of aryl methyl sites for hydroxylation is 1. The van der Waals surface area contributed by atoms with Crippen molar-refractivity contribution in [2.45, 2.75) is 31.6 Å². The highest BCUT2D eigenvalue weighted by atomic mass is 15.1. The van der Waals surface area contributed by atoms with Gasteiger partial charge in [-0.1, -0.05) is 24.3 Å². The van der Waals surface area contributed by atoms with Crippen LogP contribution >= 0.6 is 0 Å². The van der Waals surface area contributed by atoms with Crippen LogP contribution in [0.4, 0.5) is 0 Å². The summed E-state index contributed by atoms with van der Waals surface area (Å²) in [6.45, 7) is 1.99. The molecule has 2 nitrogen and oxygen atoms in total. The zero-order chi connectivity index (χ0) is 10.8. The van der Waals surface area contributed by atoms with E-state index in [0.29, 0.717) is 5.92 Å². The number of nitrogens with zero attached hydrogens (tertiary/aromatic N) is 1. The third-order valence-corrected chi connectivity index (χ3v) is 3.68. The molecule has 0 saturated heterocycles. The lowest BCUT2D eigenvalue weighted by Crippen LogP contribution is -2.22. The molecular weight excluding hydrogens is 196 g/mol. The molecule has 0 amide bonds. The monoisotopic (exact) mass is 214 g/mol. The standard InChI is InChI=1S/C14H18N2/c1-2-7-13-11(4-1)5-3-6-12(13)10-14-15-8-9-16-14/h1-2,4,7,12H,3,5-6,8-10H2,(H,15,16). The molecule has 3 rings (SSSR count). The van der Waals surface area contributed by atoms with E-state index in [9.17, 15) is 0 Å². The second-order valence-corrected chi connectivity index (χ2v) is 4.75. The third kappa shape index (κ3) is 1.84. The van der Waals surface area contributed by atoms with Gasteiger partial charge in [-0.2, -0.15) is 0 Å². The fourth-order valence-electron chi connectivity index (χ4n) is 2.88. The maximum Gasteiger partial charge on any atom is 0.0970 e. The van der Waals surface area contributed by atoms with Crippen molar-refractivity contribution in [1.82, 2.24) is 5.32 Å². The minimum Gasteiger partial charge on any atom is -0.372 e. The second-order valence-electron chi connectivity index (χ2n) is 4.75. The molecule has 1 unspecified atom stereocenters. The van der Waals surface area contributed by atoms with E-state index in [4.69, 9.17) is 0 Å². The summed E-state index contributed by atoms with van der Waals surface area (Å²) in [7, 11) is 0. The van der Waals surface area contributed by atoms with Crippen molar-refractivity contribution in [2.24, 2.45) is 4.99 Å². The number of hydrogen-bond acceptors (Lipinski definition) is 2. The van der Waals surface area contributed by atoms with E-state index in [1.165, 1.54) is 25.1 Å². The first-order valence-electron chi connectivity index (χ1n) is 6.28. The summed E-state index contributed by atoms with van der Waals surface area (Å²) in [6, 6.07) is 8.91. The fraction of sp³-hybridized carbons (Fsp3) is 0.500. The van der Waals surface area contributed by atoms with Gasteiger partial charge in [0, 0.05) is 13.0 Å². The third-order valence-electron chi connectivity index (χ3n) is 3.68. The molecule has 1 aromatic carbocycles. The molecule has 1 atom stereocenters. The van der Waals surface area contributed by atoms with Gasteiger partial charge in [0.15, 0.2) is 0 Å². The Labute approximate surface area is 96.8 Å². The van der Waals surface area contributed by atoms with Gasteiger partial charge in [0.25, 0.3) is 0 Å². The van der Waals surface area contributed by atoms with Crippen LogP contribution in [0.2, 0.25) is 0 Å². The number of aliphatic imine (C=N–C) groups is 1. The van der Waals surface area contributed by atoms with Crippen molar-refractivity contribution in [3.8, 4) is 0 Å². The molecule has 1 aliphatic carbocycles. The Morgan fingerprint density at radius 2 is 2.25 bits per heavy atom. The number of hydrogen-bond donors (Lipinski definition) is 1. The lowest BCUT2D eigenvalue weighted by molar-refractivity contribution is 0.564. The highest BCUT2D eigenvalue weighted by Crippen LogP contribution is 2.33. The van der Waals surface area contributed by atoms with Crippen molar-refractivity contribution >= 4 is 5.84 Å². The first kappa shape index (κ1) is 9.88. The Morgan fingerprint density at radius 3 is 3.12 bits per heavy atom. The predicted molar refractivity (Wildman–Crippen MR) is 67.0 cm³/mol. The van der Waals surface area contributed by atoms with Gasteiger partial charge >= 0.3 is 0 Å². The second kappa shape index (κ2) is 4.28. The normalized spacial score (nSPS) is 23.5. The van der Waals surface area contributed by atoms with Gasteiger partial charge in [0.2, 0.25) is 0 Å². The average Bonchev–Trinajstić information content (AvgIpc) is 2.82. The Balaban J connectivity index is 1.81. The summed E-state index contributed by atoms with van der Waals surface area (Å²) in [5.74, 6) is 1.91. The molecule has 0 fully saturated rings. The summed E-state index contributed by atoms with van der Waals surface area (Å²) < 4.78 is 0. The fourth-order valence-corrected chi connectivity index (χ4v) is 2.88. The molecule has 1 N–H and O–H groups in total. The van der Waals surface area contributed by atoms with Crippen LogP contribution in [0.15, 0.2) is 29.3 Å². The number of fused-ring (bicyclic) bond motifs is 1. The minimum absolute atomic E-state index is 0.689. The molecule has 1 aromatic rings. The summed E-state index contributed by atoms with van der Waals surface area (Å²) in [5.41, 5.74) is 3.11.